The second-order valence-electron chi connectivity index (χ2n) is 4.71. The van der Waals surface area contributed by atoms with Gasteiger partial charge in [-0.3, -0.25) is 9.67 Å². The third-order valence-corrected chi connectivity index (χ3v) is 4.02. The molecule has 0 spiro atoms. The second kappa shape index (κ2) is 5.53. The number of hydrogen-bond donors (Lipinski definition) is 1. The summed E-state index contributed by atoms with van der Waals surface area (Å²) in [5.41, 5.74) is 0.972. The number of thiophene rings is 1. The normalized spacial score (nSPS) is 10.9. The Kier molecular flexibility index (Phi) is 3.24. The summed E-state index contributed by atoms with van der Waals surface area (Å²) in [6.45, 7) is 0.639. The minimum atomic E-state index is 0.639. The molecule has 0 aliphatic carbocycles. The molecule has 0 fully saturated rings. The van der Waals surface area contributed by atoms with E-state index in [1.54, 1.807) is 23.9 Å². The van der Waals surface area contributed by atoms with Crippen LogP contribution in [0.5, 0.6) is 0 Å². The summed E-state index contributed by atoms with van der Waals surface area (Å²) in [5, 5.41) is 10.8. The lowest BCUT2D eigenvalue weighted by atomic mass is 10.3. The van der Waals surface area contributed by atoms with Crippen molar-refractivity contribution in [3.8, 4) is 0 Å². The Morgan fingerprint density at radius 1 is 1.09 bits per heavy atom. The van der Waals surface area contributed by atoms with Crippen molar-refractivity contribution in [1.82, 2.24) is 24.7 Å². The van der Waals surface area contributed by atoms with Crippen LogP contribution in [-0.4, -0.2) is 24.7 Å². The molecule has 0 aromatic carbocycles. The smallest absolute Gasteiger partial charge is 0.153 e. The zero-order valence-corrected chi connectivity index (χ0v) is 12.4. The molecular formula is C15H12N6S. The summed E-state index contributed by atoms with van der Waals surface area (Å²) in [7, 11) is 0. The lowest BCUT2D eigenvalue weighted by Crippen LogP contribution is -2.03. The number of rotatable bonds is 4. The lowest BCUT2D eigenvalue weighted by molar-refractivity contribution is 0.675. The van der Waals surface area contributed by atoms with Crippen molar-refractivity contribution >= 4 is 33.2 Å². The molecule has 1 N–H and O–H groups in total. The minimum absolute atomic E-state index is 0.639. The number of hydrogen-bond acceptors (Lipinski definition) is 6. The molecule has 7 heteroatoms. The van der Waals surface area contributed by atoms with Crippen LogP contribution < -0.4 is 5.32 Å². The van der Waals surface area contributed by atoms with Gasteiger partial charge in [-0.15, -0.1) is 11.3 Å². The Morgan fingerprint density at radius 2 is 2.09 bits per heavy atom. The van der Waals surface area contributed by atoms with Gasteiger partial charge in [-0.05, 0) is 23.6 Å². The first kappa shape index (κ1) is 12.9. The average molecular weight is 308 g/mol. The molecule has 4 heterocycles. The Bertz CT molecular complexity index is 898. The van der Waals surface area contributed by atoms with E-state index >= 15 is 0 Å². The van der Waals surface area contributed by atoms with Gasteiger partial charge in [0, 0.05) is 18.5 Å². The molecule has 0 saturated heterocycles. The molecule has 4 rings (SSSR count). The summed E-state index contributed by atoms with van der Waals surface area (Å²) in [6.07, 6.45) is 5.27. The molecule has 0 aliphatic rings. The largest absolute Gasteiger partial charge is 0.323 e. The van der Waals surface area contributed by atoms with Gasteiger partial charge in [-0.2, -0.15) is 5.10 Å². The molecule has 4 aromatic heterocycles. The number of anilines is 2. The lowest BCUT2D eigenvalue weighted by Gasteiger charge is -2.03. The second-order valence-corrected chi connectivity index (χ2v) is 5.60. The molecule has 22 heavy (non-hydrogen) atoms. The molecule has 0 atom stereocenters. The van der Waals surface area contributed by atoms with Crippen LogP contribution in [0.4, 0.5) is 11.6 Å². The highest BCUT2D eigenvalue weighted by Crippen LogP contribution is 2.25. The van der Waals surface area contributed by atoms with Crippen molar-refractivity contribution < 1.29 is 0 Å². The Hall–Kier alpha value is -2.80. The van der Waals surface area contributed by atoms with Gasteiger partial charge in [0.2, 0.25) is 0 Å². The fourth-order valence-corrected chi connectivity index (χ4v) is 2.92. The summed E-state index contributed by atoms with van der Waals surface area (Å²) < 4.78 is 1.84. The summed E-state index contributed by atoms with van der Waals surface area (Å²) in [5.74, 6) is 1.52. The molecule has 4 aromatic rings. The first-order chi connectivity index (χ1) is 10.9. The van der Waals surface area contributed by atoms with Crippen LogP contribution in [0.2, 0.25) is 0 Å². The van der Waals surface area contributed by atoms with Gasteiger partial charge in [0.05, 0.1) is 17.6 Å². The Balaban J connectivity index is 1.56. The predicted molar refractivity (Wildman–Crippen MR) is 86.3 cm³/mol. The quantitative estimate of drug-likeness (QED) is 0.627. The summed E-state index contributed by atoms with van der Waals surface area (Å²) >= 11 is 1.59. The topological polar surface area (TPSA) is 68.5 Å². The third kappa shape index (κ3) is 2.53. The first-order valence-corrected chi connectivity index (χ1v) is 7.65. The van der Waals surface area contributed by atoms with Crippen molar-refractivity contribution in [2.24, 2.45) is 0 Å². The van der Waals surface area contributed by atoms with Crippen LogP contribution in [0.3, 0.4) is 0 Å². The number of nitrogens with one attached hydrogen (secondary N) is 1. The molecule has 0 amide bonds. The van der Waals surface area contributed by atoms with Gasteiger partial charge in [0.1, 0.15) is 17.0 Å². The number of pyridine rings is 1. The highest BCUT2D eigenvalue weighted by atomic mass is 32.1. The van der Waals surface area contributed by atoms with Gasteiger partial charge in [0.15, 0.2) is 5.82 Å². The van der Waals surface area contributed by atoms with Crippen molar-refractivity contribution in [2.75, 3.05) is 5.32 Å². The molecule has 0 bridgehead atoms. The minimum Gasteiger partial charge on any atom is -0.323 e. The predicted octanol–water partition coefficient (Wildman–Crippen LogP) is 3.07. The van der Waals surface area contributed by atoms with Gasteiger partial charge < -0.3 is 5.32 Å². The zero-order valence-electron chi connectivity index (χ0n) is 11.5. The standard InChI is InChI=1S/C15H12N6S/c1-2-6-16-11(3-1)9-21-7-4-13(20-21)19-14-12-5-8-22-15(12)18-10-17-14/h1-8,10H,9H2,(H,17,18,19,20). The van der Waals surface area contributed by atoms with Gasteiger partial charge in [0.25, 0.3) is 0 Å². The highest BCUT2D eigenvalue weighted by Gasteiger charge is 2.07. The van der Waals surface area contributed by atoms with E-state index in [0.717, 1.165) is 27.5 Å². The maximum absolute atomic E-state index is 4.50. The first-order valence-electron chi connectivity index (χ1n) is 6.77. The molecule has 0 unspecified atom stereocenters. The van der Waals surface area contributed by atoms with Crippen LogP contribution in [0, 0.1) is 0 Å². The molecule has 0 aliphatic heterocycles. The third-order valence-electron chi connectivity index (χ3n) is 3.20. The monoisotopic (exact) mass is 308 g/mol. The van der Waals surface area contributed by atoms with E-state index < -0.39 is 0 Å². The van der Waals surface area contributed by atoms with Crippen LogP contribution in [0.25, 0.3) is 10.2 Å². The molecule has 108 valence electrons. The zero-order chi connectivity index (χ0) is 14.8. The van der Waals surface area contributed by atoms with Gasteiger partial charge in [-0.25, -0.2) is 9.97 Å². The van der Waals surface area contributed by atoms with Crippen molar-refractivity contribution in [1.29, 1.82) is 0 Å². The summed E-state index contributed by atoms with van der Waals surface area (Å²) in [4.78, 5) is 13.8. The maximum atomic E-state index is 4.50. The van der Waals surface area contributed by atoms with E-state index in [1.807, 2.05) is 46.6 Å². The van der Waals surface area contributed by atoms with Gasteiger partial charge >= 0.3 is 0 Å². The summed E-state index contributed by atoms with van der Waals surface area (Å²) in [6, 6.07) is 9.78. The van der Waals surface area contributed by atoms with E-state index in [2.05, 4.69) is 25.4 Å². The van der Waals surface area contributed by atoms with Crippen LogP contribution in [0.1, 0.15) is 5.69 Å². The van der Waals surface area contributed by atoms with Crippen LogP contribution in [0.15, 0.2) is 54.4 Å². The van der Waals surface area contributed by atoms with Crippen molar-refractivity contribution in [3.63, 3.8) is 0 Å². The van der Waals surface area contributed by atoms with E-state index in [0.29, 0.717) is 6.54 Å². The fourth-order valence-electron chi connectivity index (χ4n) is 2.19. The van der Waals surface area contributed by atoms with E-state index in [4.69, 9.17) is 0 Å². The van der Waals surface area contributed by atoms with Crippen molar-refractivity contribution in [3.05, 3.63) is 60.1 Å². The highest BCUT2D eigenvalue weighted by molar-refractivity contribution is 7.16. The molecule has 6 nitrogen and oxygen atoms in total. The number of fused-ring (bicyclic) bond motifs is 1. The molecular weight excluding hydrogens is 296 g/mol. The Morgan fingerprint density at radius 3 is 3.00 bits per heavy atom. The molecule has 0 radical (unpaired) electrons. The average Bonchev–Trinajstić information content (AvgIpc) is 3.18. The fraction of sp³-hybridized carbons (Fsp3) is 0.0667. The van der Waals surface area contributed by atoms with E-state index in [-0.39, 0.29) is 0 Å². The van der Waals surface area contributed by atoms with Crippen LogP contribution in [-0.2, 0) is 6.54 Å². The molecule has 0 saturated carbocycles. The number of aromatic nitrogens is 5. The maximum Gasteiger partial charge on any atom is 0.153 e. The van der Waals surface area contributed by atoms with E-state index in [1.165, 1.54) is 0 Å². The Labute approximate surface area is 130 Å². The number of nitrogens with zero attached hydrogens (tertiary/aromatic N) is 5. The SMILES string of the molecule is c1ccc(Cn2ccc(Nc3ncnc4sccc34)n2)nc1. The van der Waals surface area contributed by atoms with E-state index in [9.17, 15) is 0 Å². The van der Waals surface area contributed by atoms with Gasteiger partial charge in [-0.1, -0.05) is 6.07 Å². The van der Waals surface area contributed by atoms with Crippen LogP contribution >= 0.6 is 11.3 Å². The van der Waals surface area contributed by atoms with Crippen molar-refractivity contribution in [2.45, 2.75) is 6.54 Å².